The summed E-state index contributed by atoms with van der Waals surface area (Å²) in [6.45, 7) is 5.47. The van der Waals surface area contributed by atoms with Crippen molar-refractivity contribution in [1.29, 1.82) is 10.7 Å². The molecule has 0 fully saturated rings. The zero-order valence-corrected chi connectivity index (χ0v) is 7.44. The van der Waals surface area contributed by atoms with Gasteiger partial charge in [-0.25, -0.2) is 5.26 Å². The van der Waals surface area contributed by atoms with Crippen LogP contribution in [0.1, 0.15) is 12.5 Å². The average molecular weight is 173 g/mol. The van der Waals surface area contributed by atoms with Gasteiger partial charge in [0.05, 0.1) is 0 Å². The first-order chi connectivity index (χ1) is 6.34. The van der Waals surface area contributed by atoms with Gasteiger partial charge in [-0.05, 0) is 36.3 Å². The first kappa shape index (κ1) is 11.1. The maximum absolute atomic E-state index is 6.87. The van der Waals surface area contributed by atoms with E-state index in [1.54, 1.807) is 18.5 Å². The SMILES string of the molecule is C#N.C/C(=C\C=N)c1ccncc1. The standard InChI is InChI=1S/C9H10N2.CHN/c1-8(2-5-10)9-3-6-11-7-4-9;1-2/h2-7,10H,1H3;1H/b8-2+,10-5?;. The summed E-state index contributed by atoms with van der Waals surface area (Å²) in [4.78, 5) is 3.90. The van der Waals surface area contributed by atoms with Crippen LogP contribution in [0, 0.1) is 17.2 Å². The lowest BCUT2D eigenvalue weighted by Crippen LogP contribution is -1.79. The number of nitrogens with one attached hydrogen (secondary N) is 1. The van der Waals surface area contributed by atoms with Gasteiger partial charge in [-0.15, -0.1) is 0 Å². The molecular formula is C10H11N3. The molecule has 0 saturated heterocycles. The van der Waals surface area contributed by atoms with Crippen molar-refractivity contribution in [2.45, 2.75) is 6.92 Å². The van der Waals surface area contributed by atoms with Gasteiger partial charge in [0.1, 0.15) is 0 Å². The van der Waals surface area contributed by atoms with E-state index in [1.807, 2.05) is 19.1 Å². The quantitative estimate of drug-likeness (QED) is 0.697. The van der Waals surface area contributed by atoms with Crippen LogP contribution in [-0.2, 0) is 0 Å². The highest BCUT2D eigenvalue weighted by Crippen LogP contribution is 2.09. The predicted molar refractivity (Wildman–Crippen MR) is 53.3 cm³/mol. The Balaban J connectivity index is 0.000000671. The summed E-state index contributed by atoms with van der Waals surface area (Å²) < 4.78 is 0. The third-order valence-electron chi connectivity index (χ3n) is 1.47. The van der Waals surface area contributed by atoms with E-state index in [0.717, 1.165) is 11.1 Å². The molecule has 1 aromatic rings. The molecule has 13 heavy (non-hydrogen) atoms. The van der Waals surface area contributed by atoms with Crippen molar-refractivity contribution in [3.8, 4) is 6.57 Å². The number of rotatable bonds is 2. The second-order valence-electron chi connectivity index (χ2n) is 2.25. The minimum absolute atomic E-state index is 1.09. The smallest absolute Gasteiger partial charge is 0.0462 e. The number of hydrogen-bond donors (Lipinski definition) is 1. The van der Waals surface area contributed by atoms with Gasteiger partial charge in [-0.1, -0.05) is 0 Å². The topological polar surface area (TPSA) is 60.5 Å². The number of hydrogen-bond acceptors (Lipinski definition) is 3. The Labute approximate surface area is 77.9 Å². The third-order valence-corrected chi connectivity index (χ3v) is 1.47. The molecule has 0 aromatic carbocycles. The van der Waals surface area contributed by atoms with Crippen LogP contribution < -0.4 is 0 Å². The van der Waals surface area contributed by atoms with Gasteiger partial charge in [0, 0.05) is 25.2 Å². The van der Waals surface area contributed by atoms with E-state index in [0.29, 0.717) is 0 Å². The highest BCUT2D eigenvalue weighted by molar-refractivity contribution is 5.81. The van der Waals surface area contributed by atoms with Crippen LogP contribution in [0.4, 0.5) is 0 Å². The summed E-state index contributed by atoms with van der Waals surface area (Å²) in [6.07, 6.45) is 6.54. The molecule has 3 heteroatoms. The molecule has 1 rings (SSSR count). The minimum atomic E-state index is 1.09. The fourth-order valence-corrected chi connectivity index (χ4v) is 0.836. The van der Waals surface area contributed by atoms with Crippen molar-refractivity contribution in [1.82, 2.24) is 4.98 Å². The molecule has 66 valence electrons. The minimum Gasteiger partial charge on any atom is -0.309 e. The maximum atomic E-state index is 6.87. The van der Waals surface area contributed by atoms with E-state index in [9.17, 15) is 0 Å². The van der Waals surface area contributed by atoms with Crippen molar-refractivity contribution in [3.05, 3.63) is 36.2 Å². The van der Waals surface area contributed by atoms with Gasteiger partial charge < -0.3 is 5.41 Å². The second kappa shape index (κ2) is 6.74. The molecule has 0 aliphatic carbocycles. The van der Waals surface area contributed by atoms with Gasteiger partial charge in [-0.3, -0.25) is 4.98 Å². The third kappa shape index (κ3) is 3.82. The number of allylic oxidation sites excluding steroid dienone is 2. The molecule has 0 atom stereocenters. The van der Waals surface area contributed by atoms with Gasteiger partial charge in [0.15, 0.2) is 0 Å². The molecule has 0 unspecified atom stereocenters. The first-order valence-corrected chi connectivity index (χ1v) is 3.68. The summed E-state index contributed by atoms with van der Waals surface area (Å²) >= 11 is 0. The van der Waals surface area contributed by atoms with E-state index in [1.165, 1.54) is 6.21 Å². The van der Waals surface area contributed by atoms with Crippen molar-refractivity contribution in [3.63, 3.8) is 0 Å². The highest BCUT2D eigenvalue weighted by Gasteiger charge is 1.90. The van der Waals surface area contributed by atoms with Crippen LogP contribution in [0.25, 0.3) is 5.57 Å². The van der Waals surface area contributed by atoms with E-state index >= 15 is 0 Å². The van der Waals surface area contributed by atoms with Crippen LogP contribution in [0.15, 0.2) is 30.6 Å². The zero-order chi connectivity index (χ0) is 10.1. The summed E-state index contributed by atoms with van der Waals surface area (Å²) in [5.41, 5.74) is 2.20. The molecule has 1 N–H and O–H groups in total. The second-order valence-corrected chi connectivity index (χ2v) is 2.25. The summed E-state index contributed by atoms with van der Waals surface area (Å²) in [6, 6.07) is 3.85. The van der Waals surface area contributed by atoms with Gasteiger partial charge >= 0.3 is 0 Å². The summed E-state index contributed by atoms with van der Waals surface area (Å²) in [5, 5.41) is 13.4. The molecule has 1 aromatic heterocycles. The molecule has 3 nitrogen and oxygen atoms in total. The summed E-state index contributed by atoms with van der Waals surface area (Å²) in [5.74, 6) is 0. The molecule has 1 heterocycles. The monoisotopic (exact) mass is 173 g/mol. The molecule has 0 saturated carbocycles. The Morgan fingerprint density at radius 2 is 2.00 bits per heavy atom. The van der Waals surface area contributed by atoms with Crippen LogP contribution in [0.2, 0.25) is 0 Å². The Morgan fingerprint density at radius 1 is 1.46 bits per heavy atom. The van der Waals surface area contributed by atoms with E-state index in [4.69, 9.17) is 10.7 Å². The lowest BCUT2D eigenvalue weighted by atomic mass is 10.1. The molecule has 0 amide bonds. The van der Waals surface area contributed by atoms with Crippen molar-refractivity contribution >= 4 is 11.8 Å². The zero-order valence-electron chi connectivity index (χ0n) is 7.44. The molecule has 0 radical (unpaired) electrons. The first-order valence-electron chi connectivity index (χ1n) is 3.68. The maximum Gasteiger partial charge on any atom is 0.0462 e. The van der Waals surface area contributed by atoms with Crippen molar-refractivity contribution < 1.29 is 0 Å². The average Bonchev–Trinajstić information content (AvgIpc) is 2.23. The Bertz CT molecular complexity index is 298. The number of pyridine rings is 1. The molecular weight excluding hydrogens is 162 g/mol. The van der Waals surface area contributed by atoms with Crippen molar-refractivity contribution in [2.24, 2.45) is 0 Å². The van der Waals surface area contributed by atoms with E-state index in [2.05, 4.69) is 11.6 Å². The lowest BCUT2D eigenvalue weighted by molar-refractivity contribution is 1.31. The Kier molecular flexibility index (Phi) is 5.73. The molecule has 0 aliphatic rings. The van der Waals surface area contributed by atoms with E-state index in [-0.39, 0.29) is 0 Å². The largest absolute Gasteiger partial charge is 0.309 e. The predicted octanol–water partition coefficient (Wildman–Crippen LogP) is 2.27. The Morgan fingerprint density at radius 3 is 2.46 bits per heavy atom. The lowest BCUT2D eigenvalue weighted by Gasteiger charge is -1.96. The van der Waals surface area contributed by atoms with Crippen molar-refractivity contribution in [2.75, 3.05) is 0 Å². The molecule has 0 aliphatic heterocycles. The van der Waals surface area contributed by atoms with Crippen LogP contribution >= 0.6 is 0 Å². The molecule has 0 spiro atoms. The number of nitrogens with zero attached hydrogens (tertiary/aromatic N) is 2. The van der Waals surface area contributed by atoms with Crippen LogP contribution in [0.5, 0.6) is 0 Å². The van der Waals surface area contributed by atoms with E-state index < -0.39 is 0 Å². The van der Waals surface area contributed by atoms with Crippen LogP contribution in [0.3, 0.4) is 0 Å². The van der Waals surface area contributed by atoms with Gasteiger partial charge in [-0.2, -0.15) is 0 Å². The summed E-state index contributed by atoms with van der Waals surface area (Å²) in [7, 11) is 0. The van der Waals surface area contributed by atoms with Gasteiger partial charge in [0.25, 0.3) is 0 Å². The number of aromatic nitrogens is 1. The normalized spacial score (nSPS) is 9.62. The fraction of sp³-hybridized carbons (Fsp3) is 0.100. The fourth-order valence-electron chi connectivity index (χ4n) is 0.836. The molecule has 0 bridgehead atoms. The van der Waals surface area contributed by atoms with Gasteiger partial charge in [0.2, 0.25) is 0 Å². The Hall–Kier alpha value is -1.95. The number of nitriles is 1. The highest BCUT2D eigenvalue weighted by atomic mass is 14.6. The van der Waals surface area contributed by atoms with Crippen LogP contribution in [-0.4, -0.2) is 11.2 Å².